The van der Waals surface area contributed by atoms with Crippen molar-refractivity contribution in [2.75, 3.05) is 0 Å². The van der Waals surface area contributed by atoms with Gasteiger partial charge in [0.1, 0.15) is 0 Å². The first-order valence-corrected chi connectivity index (χ1v) is 7.61. The number of rotatable bonds is 5. The summed E-state index contributed by atoms with van der Waals surface area (Å²) >= 11 is 0. The molecule has 2 N–H and O–H groups in total. The number of nitro benzene ring substituents is 1. The van der Waals surface area contributed by atoms with Gasteiger partial charge >= 0.3 is 5.97 Å². The molecule has 7 nitrogen and oxygen atoms in total. The Labute approximate surface area is 133 Å². The molecule has 2 rings (SSSR count). The highest BCUT2D eigenvalue weighted by Gasteiger charge is 2.31. The van der Waals surface area contributed by atoms with Crippen molar-refractivity contribution in [2.24, 2.45) is 5.92 Å². The molecule has 0 bridgehead atoms. The van der Waals surface area contributed by atoms with Crippen molar-refractivity contribution in [2.45, 2.75) is 45.1 Å². The molecule has 1 amide bonds. The van der Waals surface area contributed by atoms with Gasteiger partial charge in [-0.1, -0.05) is 19.9 Å². The maximum absolute atomic E-state index is 12.3. The topological polar surface area (TPSA) is 110 Å². The van der Waals surface area contributed by atoms with Crippen LogP contribution in [0.15, 0.2) is 18.2 Å². The van der Waals surface area contributed by atoms with Crippen LogP contribution >= 0.6 is 0 Å². The highest BCUT2D eigenvalue weighted by molar-refractivity contribution is 5.95. The van der Waals surface area contributed by atoms with Gasteiger partial charge in [-0.3, -0.25) is 19.7 Å². The Morgan fingerprint density at radius 1 is 1.35 bits per heavy atom. The third kappa shape index (κ3) is 3.85. The Balaban J connectivity index is 2.12. The van der Waals surface area contributed by atoms with Gasteiger partial charge < -0.3 is 10.4 Å². The lowest BCUT2D eigenvalue weighted by Crippen LogP contribution is -2.33. The van der Waals surface area contributed by atoms with Gasteiger partial charge in [-0.05, 0) is 31.2 Å². The summed E-state index contributed by atoms with van der Waals surface area (Å²) in [4.78, 5) is 33.9. The molecule has 7 heteroatoms. The molecule has 1 fully saturated rings. The minimum Gasteiger partial charge on any atom is -0.481 e. The second kappa shape index (κ2) is 6.76. The van der Waals surface area contributed by atoms with Crippen molar-refractivity contribution < 1.29 is 19.6 Å². The predicted octanol–water partition coefficient (Wildman–Crippen LogP) is 2.70. The van der Waals surface area contributed by atoms with E-state index in [9.17, 15) is 19.7 Å². The Morgan fingerprint density at radius 2 is 2.04 bits per heavy atom. The fourth-order valence-electron chi connectivity index (χ4n) is 2.94. The van der Waals surface area contributed by atoms with Crippen LogP contribution in [0.4, 0.5) is 5.69 Å². The summed E-state index contributed by atoms with van der Waals surface area (Å²) < 4.78 is 0. The Morgan fingerprint density at radius 3 is 2.57 bits per heavy atom. The number of nitrogens with zero attached hydrogens (tertiary/aromatic N) is 1. The standard InChI is InChI=1S/C16H20N2O5/c1-9(2)13-6-4-10(8-14(13)18(22)23)15(19)17-12-5-3-11(7-12)16(20)21/h4,6,8-9,11-12H,3,5,7H2,1-2H3,(H,17,19)(H,20,21)/t11-,12+/m0/s1. The summed E-state index contributed by atoms with van der Waals surface area (Å²) in [6.45, 7) is 3.71. The number of carbonyl (C=O) groups excluding carboxylic acids is 1. The fraction of sp³-hybridized carbons (Fsp3) is 0.500. The van der Waals surface area contributed by atoms with Crippen LogP contribution in [0.5, 0.6) is 0 Å². The first kappa shape index (κ1) is 16.9. The van der Waals surface area contributed by atoms with E-state index in [0.29, 0.717) is 24.8 Å². The van der Waals surface area contributed by atoms with E-state index in [0.717, 1.165) is 0 Å². The number of nitro groups is 1. The van der Waals surface area contributed by atoms with Gasteiger partial charge in [0.2, 0.25) is 0 Å². The maximum Gasteiger partial charge on any atom is 0.306 e. The van der Waals surface area contributed by atoms with Crippen molar-refractivity contribution >= 4 is 17.6 Å². The number of benzene rings is 1. The normalized spacial score (nSPS) is 20.5. The highest BCUT2D eigenvalue weighted by Crippen LogP contribution is 2.28. The summed E-state index contributed by atoms with van der Waals surface area (Å²) in [7, 11) is 0. The molecule has 124 valence electrons. The number of nitrogens with one attached hydrogen (secondary N) is 1. The van der Waals surface area contributed by atoms with E-state index in [-0.39, 0.29) is 23.2 Å². The number of carbonyl (C=O) groups is 2. The highest BCUT2D eigenvalue weighted by atomic mass is 16.6. The minimum absolute atomic E-state index is 0.0151. The minimum atomic E-state index is -0.848. The molecule has 0 aliphatic heterocycles. The number of hydrogen-bond acceptors (Lipinski definition) is 4. The summed E-state index contributed by atoms with van der Waals surface area (Å²) in [5.41, 5.74) is 0.737. The zero-order valence-electron chi connectivity index (χ0n) is 13.1. The molecule has 1 saturated carbocycles. The van der Waals surface area contributed by atoms with Crippen molar-refractivity contribution in [1.82, 2.24) is 5.32 Å². The number of amides is 1. The molecule has 0 saturated heterocycles. The van der Waals surface area contributed by atoms with Crippen LogP contribution in [0.1, 0.15) is 54.9 Å². The molecule has 0 heterocycles. The van der Waals surface area contributed by atoms with Gasteiger partial charge in [0.05, 0.1) is 10.8 Å². The van der Waals surface area contributed by atoms with Crippen LogP contribution in [0.3, 0.4) is 0 Å². The molecule has 1 aliphatic carbocycles. The van der Waals surface area contributed by atoms with E-state index >= 15 is 0 Å². The van der Waals surface area contributed by atoms with Crippen molar-refractivity contribution in [3.05, 3.63) is 39.4 Å². The molecule has 2 atom stereocenters. The van der Waals surface area contributed by atoms with Crippen molar-refractivity contribution in [1.29, 1.82) is 0 Å². The van der Waals surface area contributed by atoms with Crippen molar-refractivity contribution in [3.8, 4) is 0 Å². The SMILES string of the molecule is CC(C)c1ccc(C(=O)N[C@@H]2CC[C@H](C(=O)O)C2)cc1[N+](=O)[O-]. The molecule has 1 aromatic carbocycles. The summed E-state index contributed by atoms with van der Waals surface area (Å²) in [5, 5.41) is 22.9. The molecule has 1 aromatic rings. The smallest absolute Gasteiger partial charge is 0.306 e. The number of carboxylic acid groups (broad SMARTS) is 1. The van der Waals surface area contributed by atoms with Gasteiger partial charge in [-0.15, -0.1) is 0 Å². The Hall–Kier alpha value is -2.44. The zero-order chi connectivity index (χ0) is 17.1. The predicted molar refractivity (Wildman–Crippen MR) is 83.4 cm³/mol. The van der Waals surface area contributed by atoms with E-state index < -0.39 is 22.7 Å². The fourth-order valence-corrected chi connectivity index (χ4v) is 2.94. The van der Waals surface area contributed by atoms with Gasteiger partial charge in [0, 0.05) is 23.2 Å². The van der Waals surface area contributed by atoms with E-state index in [2.05, 4.69) is 5.32 Å². The van der Waals surface area contributed by atoms with Crippen LogP contribution in [-0.4, -0.2) is 27.9 Å². The lowest BCUT2D eigenvalue weighted by Gasteiger charge is -2.13. The molecule has 0 spiro atoms. The van der Waals surface area contributed by atoms with Gasteiger partial charge in [0.15, 0.2) is 0 Å². The third-order valence-corrected chi connectivity index (χ3v) is 4.23. The molecule has 0 radical (unpaired) electrons. The average Bonchev–Trinajstić information content (AvgIpc) is 2.95. The molecule has 0 unspecified atom stereocenters. The molecule has 0 aromatic heterocycles. The van der Waals surface area contributed by atoms with Crippen molar-refractivity contribution in [3.63, 3.8) is 0 Å². The van der Waals surface area contributed by atoms with E-state index in [1.807, 2.05) is 13.8 Å². The van der Waals surface area contributed by atoms with Crippen LogP contribution in [0.25, 0.3) is 0 Å². The summed E-state index contributed by atoms with van der Waals surface area (Å²) in [6.07, 6.45) is 1.54. The largest absolute Gasteiger partial charge is 0.481 e. The third-order valence-electron chi connectivity index (χ3n) is 4.23. The van der Waals surface area contributed by atoms with Gasteiger partial charge in [-0.2, -0.15) is 0 Å². The van der Waals surface area contributed by atoms with Crippen LogP contribution in [0.2, 0.25) is 0 Å². The monoisotopic (exact) mass is 320 g/mol. The van der Waals surface area contributed by atoms with Gasteiger partial charge in [-0.25, -0.2) is 0 Å². The average molecular weight is 320 g/mol. The Kier molecular flexibility index (Phi) is 4.98. The van der Waals surface area contributed by atoms with Crippen LogP contribution < -0.4 is 5.32 Å². The lowest BCUT2D eigenvalue weighted by molar-refractivity contribution is -0.385. The number of carboxylic acids is 1. The summed E-state index contributed by atoms with van der Waals surface area (Å²) in [5.74, 6) is -1.70. The quantitative estimate of drug-likeness (QED) is 0.640. The lowest BCUT2D eigenvalue weighted by atomic mass is 9.99. The van der Waals surface area contributed by atoms with Crippen LogP contribution in [0, 0.1) is 16.0 Å². The van der Waals surface area contributed by atoms with E-state index in [1.165, 1.54) is 6.07 Å². The number of hydrogen-bond donors (Lipinski definition) is 2. The molecular weight excluding hydrogens is 300 g/mol. The van der Waals surface area contributed by atoms with E-state index in [1.54, 1.807) is 12.1 Å². The van der Waals surface area contributed by atoms with E-state index in [4.69, 9.17) is 5.11 Å². The van der Waals surface area contributed by atoms with Gasteiger partial charge in [0.25, 0.3) is 11.6 Å². The molecular formula is C16H20N2O5. The molecule has 23 heavy (non-hydrogen) atoms. The zero-order valence-corrected chi connectivity index (χ0v) is 13.1. The maximum atomic E-state index is 12.3. The summed E-state index contributed by atoms with van der Waals surface area (Å²) in [6, 6.07) is 4.26. The Bertz CT molecular complexity index is 641. The second-order valence-electron chi connectivity index (χ2n) is 6.20. The van der Waals surface area contributed by atoms with Crippen LogP contribution in [-0.2, 0) is 4.79 Å². The first-order chi connectivity index (χ1) is 10.8. The second-order valence-corrected chi connectivity index (χ2v) is 6.20. The molecule has 1 aliphatic rings. The number of aliphatic carboxylic acids is 1. The first-order valence-electron chi connectivity index (χ1n) is 7.61.